The Balaban J connectivity index is 2.69. The Kier molecular flexibility index (Phi) is 2.85. The van der Waals surface area contributed by atoms with Gasteiger partial charge in [-0.25, -0.2) is 0 Å². The van der Waals surface area contributed by atoms with Crippen molar-refractivity contribution in [2.75, 3.05) is 0 Å². The number of rotatable bonds is 0. The van der Waals surface area contributed by atoms with Crippen molar-refractivity contribution in [3.63, 3.8) is 0 Å². The summed E-state index contributed by atoms with van der Waals surface area (Å²) in [5.41, 5.74) is 0.365. The fourth-order valence-corrected chi connectivity index (χ4v) is 1.21. The van der Waals surface area contributed by atoms with Gasteiger partial charge in [0.25, 0.3) is 0 Å². The Morgan fingerprint density at radius 3 is 2.91 bits per heavy atom. The van der Waals surface area contributed by atoms with Crippen LogP contribution in [0.25, 0.3) is 0 Å². The molecule has 0 aliphatic heterocycles. The van der Waals surface area contributed by atoms with Crippen LogP contribution in [0.2, 0.25) is 0 Å². The average molecular weight is 149 g/mol. The second kappa shape index (κ2) is 3.92. The van der Waals surface area contributed by atoms with Crippen molar-refractivity contribution < 1.29 is 4.79 Å². The minimum atomic E-state index is 0.0206. The molecule has 58 valence electrons. The predicted molar refractivity (Wildman–Crippen MR) is 41.8 cm³/mol. The van der Waals surface area contributed by atoms with E-state index in [2.05, 4.69) is 0 Å². The third kappa shape index (κ3) is 2.19. The van der Waals surface area contributed by atoms with Gasteiger partial charge in [0.2, 0.25) is 0 Å². The predicted octanol–water partition coefficient (Wildman–Crippen LogP) is 1.97. The summed E-state index contributed by atoms with van der Waals surface area (Å²) in [6, 6.07) is 1.93. The molecule has 0 atom stereocenters. The van der Waals surface area contributed by atoms with E-state index in [-0.39, 0.29) is 5.78 Å². The number of allylic oxidation sites excluding steroid dienone is 2. The minimum absolute atomic E-state index is 0.0206. The van der Waals surface area contributed by atoms with E-state index in [1.165, 1.54) is 0 Å². The molecule has 0 saturated heterocycles. The number of nitriles is 1. The van der Waals surface area contributed by atoms with Crippen LogP contribution in [0.5, 0.6) is 0 Å². The standard InChI is InChI=1S/C9H11NO/c10-7-8-5-3-1-2-4-6-9(8)11/h5H,1-4,6H2/b8-5-. The number of ketones is 1. The van der Waals surface area contributed by atoms with Crippen molar-refractivity contribution in [3.8, 4) is 6.07 Å². The van der Waals surface area contributed by atoms with Crippen LogP contribution in [0.15, 0.2) is 11.6 Å². The number of Topliss-reactive ketones (excluding diaryl/α,β-unsaturated/α-hetero) is 1. The van der Waals surface area contributed by atoms with E-state index in [9.17, 15) is 4.79 Å². The molecule has 0 radical (unpaired) electrons. The number of carbonyl (C=O) groups excluding carboxylic acids is 1. The molecule has 0 aromatic rings. The molecule has 1 rings (SSSR count). The van der Waals surface area contributed by atoms with Gasteiger partial charge in [0, 0.05) is 6.42 Å². The maximum absolute atomic E-state index is 11.1. The smallest absolute Gasteiger partial charge is 0.173 e. The molecule has 0 N–H and O–H groups in total. The number of nitrogens with zero attached hydrogens (tertiary/aromatic N) is 1. The van der Waals surface area contributed by atoms with Crippen LogP contribution in [0.3, 0.4) is 0 Å². The van der Waals surface area contributed by atoms with E-state index in [1.807, 2.05) is 6.07 Å². The fraction of sp³-hybridized carbons (Fsp3) is 0.556. The van der Waals surface area contributed by atoms with E-state index < -0.39 is 0 Å². The monoisotopic (exact) mass is 149 g/mol. The first kappa shape index (κ1) is 8.00. The molecular formula is C9H11NO. The molecule has 2 nitrogen and oxygen atoms in total. The van der Waals surface area contributed by atoms with Crippen LogP contribution in [0.4, 0.5) is 0 Å². The molecule has 0 aromatic carbocycles. The highest BCUT2D eigenvalue weighted by atomic mass is 16.1. The Morgan fingerprint density at radius 2 is 2.18 bits per heavy atom. The van der Waals surface area contributed by atoms with E-state index in [4.69, 9.17) is 5.26 Å². The molecule has 1 aliphatic rings. The van der Waals surface area contributed by atoms with Crippen molar-refractivity contribution in [2.24, 2.45) is 0 Å². The third-order valence-electron chi connectivity index (χ3n) is 1.88. The number of hydrogen-bond acceptors (Lipinski definition) is 2. The van der Waals surface area contributed by atoms with Crippen molar-refractivity contribution in [3.05, 3.63) is 11.6 Å². The average Bonchev–Trinajstić information content (AvgIpc) is 1.98. The van der Waals surface area contributed by atoms with Gasteiger partial charge in [-0.05, 0) is 19.3 Å². The van der Waals surface area contributed by atoms with Gasteiger partial charge in [0.05, 0.1) is 5.57 Å². The quantitative estimate of drug-likeness (QED) is 0.528. The van der Waals surface area contributed by atoms with Crippen LogP contribution in [0, 0.1) is 11.3 Å². The maximum atomic E-state index is 11.1. The molecule has 2 heteroatoms. The van der Waals surface area contributed by atoms with Gasteiger partial charge >= 0.3 is 0 Å². The van der Waals surface area contributed by atoms with Gasteiger partial charge in [-0.2, -0.15) is 5.26 Å². The van der Waals surface area contributed by atoms with Crippen LogP contribution < -0.4 is 0 Å². The van der Waals surface area contributed by atoms with Gasteiger partial charge < -0.3 is 0 Å². The summed E-state index contributed by atoms with van der Waals surface area (Å²) in [6.07, 6.45) is 6.37. The van der Waals surface area contributed by atoms with Crippen molar-refractivity contribution in [1.82, 2.24) is 0 Å². The normalized spacial score (nSPS) is 24.3. The minimum Gasteiger partial charge on any atom is -0.293 e. The van der Waals surface area contributed by atoms with E-state index in [1.54, 1.807) is 6.08 Å². The summed E-state index contributed by atoms with van der Waals surface area (Å²) in [5.74, 6) is 0.0206. The van der Waals surface area contributed by atoms with Crippen molar-refractivity contribution in [2.45, 2.75) is 32.1 Å². The van der Waals surface area contributed by atoms with Crippen LogP contribution in [-0.2, 0) is 4.79 Å². The fourth-order valence-electron chi connectivity index (χ4n) is 1.21. The lowest BCUT2D eigenvalue weighted by molar-refractivity contribution is -0.115. The number of carbonyl (C=O) groups is 1. The van der Waals surface area contributed by atoms with Crippen LogP contribution in [-0.4, -0.2) is 5.78 Å². The lowest BCUT2D eigenvalue weighted by Gasteiger charge is -2.03. The first-order valence-electron chi connectivity index (χ1n) is 3.98. The Bertz CT molecular complexity index is 222. The van der Waals surface area contributed by atoms with Gasteiger partial charge in [-0.15, -0.1) is 0 Å². The Morgan fingerprint density at radius 1 is 1.36 bits per heavy atom. The van der Waals surface area contributed by atoms with Crippen molar-refractivity contribution in [1.29, 1.82) is 5.26 Å². The summed E-state index contributed by atoms with van der Waals surface area (Å²) in [6.45, 7) is 0. The first-order valence-corrected chi connectivity index (χ1v) is 3.98. The molecule has 0 aromatic heterocycles. The van der Waals surface area contributed by atoms with Gasteiger partial charge in [-0.1, -0.05) is 12.5 Å². The highest BCUT2D eigenvalue weighted by Crippen LogP contribution is 2.13. The summed E-state index contributed by atoms with van der Waals surface area (Å²) in [4.78, 5) is 11.1. The molecule has 0 fully saturated rings. The zero-order valence-corrected chi connectivity index (χ0v) is 6.47. The Labute approximate surface area is 66.5 Å². The molecule has 0 saturated carbocycles. The first-order chi connectivity index (χ1) is 5.34. The Hall–Kier alpha value is -1.10. The molecule has 0 unspecified atom stereocenters. The van der Waals surface area contributed by atoms with E-state index >= 15 is 0 Å². The van der Waals surface area contributed by atoms with Crippen molar-refractivity contribution >= 4 is 5.78 Å². The van der Waals surface area contributed by atoms with E-state index in [0.29, 0.717) is 12.0 Å². The summed E-state index contributed by atoms with van der Waals surface area (Å²) in [5, 5.41) is 8.54. The van der Waals surface area contributed by atoms with Crippen LogP contribution in [0.1, 0.15) is 32.1 Å². The van der Waals surface area contributed by atoms with Gasteiger partial charge in [0.15, 0.2) is 5.78 Å². The lowest BCUT2D eigenvalue weighted by Crippen LogP contribution is -2.02. The number of hydrogen-bond donors (Lipinski definition) is 0. The molecule has 0 heterocycles. The second-order valence-electron chi connectivity index (χ2n) is 2.75. The largest absolute Gasteiger partial charge is 0.293 e. The summed E-state index contributed by atoms with van der Waals surface area (Å²) in [7, 11) is 0. The molecular weight excluding hydrogens is 138 g/mol. The zero-order valence-electron chi connectivity index (χ0n) is 6.47. The molecule has 0 amide bonds. The zero-order chi connectivity index (χ0) is 8.10. The summed E-state index contributed by atoms with van der Waals surface area (Å²) >= 11 is 0. The molecule has 0 bridgehead atoms. The molecule has 1 aliphatic carbocycles. The van der Waals surface area contributed by atoms with E-state index in [0.717, 1.165) is 25.7 Å². The third-order valence-corrected chi connectivity index (χ3v) is 1.88. The van der Waals surface area contributed by atoms with Crippen LogP contribution >= 0.6 is 0 Å². The second-order valence-corrected chi connectivity index (χ2v) is 2.75. The maximum Gasteiger partial charge on any atom is 0.173 e. The van der Waals surface area contributed by atoms with Gasteiger partial charge in [-0.3, -0.25) is 4.79 Å². The summed E-state index contributed by atoms with van der Waals surface area (Å²) < 4.78 is 0. The SMILES string of the molecule is N#C/C1=C/CCCCCC1=O. The highest BCUT2D eigenvalue weighted by Gasteiger charge is 2.09. The lowest BCUT2D eigenvalue weighted by atomic mass is 10.00. The molecule has 11 heavy (non-hydrogen) atoms. The van der Waals surface area contributed by atoms with Gasteiger partial charge in [0.1, 0.15) is 6.07 Å². The molecule has 0 spiro atoms. The highest BCUT2D eigenvalue weighted by molar-refractivity contribution is 5.98. The topological polar surface area (TPSA) is 40.9 Å².